The topological polar surface area (TPSA) is 51.6 Å². The summed E-state index contributed by atoms with van der Waals surface area (Å²) in [6, 6.07) is 1.63. The molecule has 0 N–H and O–H groups in total. The van der Waals surface area contributed by atoms with Gasteiger partial charge in [-0.3, -0.25) is 0 Å². The molecule has 0 bridgehead atoms. The molecule has 0 saturated carbocycles. The van der Waals surface area contributed by atoms with E-state index in [1.165, 1.54) is 6.33 Å². The van der Waals surface area contributed by atoms with E-state index in [2.05, 4.69) is 19.9 Å². The van der Waals surface area contributed by atoms with Crippen LogP contribution in [0.15, 0.2) is 24.8 Å². The van der Waals surface area contributed by atoms with Gasteiger partial charge in [-0.25, -0.2) is 19.9 Å². The van der Waals surface area contributed by atoms with Crippen molar-refractivity contribution in [2.75, 3.05) is 0 Å². The average Bonchev–Trinajstić information content (AvgIpc) is 2.29. The molecule has 0 aliphatic carbocycles. The minimum atomic E-state index is 0.295. The first-order valence-electron chi connectivity index (χ1n) is 4.14. The van der Waals surface area contributed by atoms with Crippen LogP contribution in [0.25, 0.3) is 11.4 Å². The lowest BCUT2D eigenvalue weighted by Crippen LogP contribution is -1.95. The molecule has 4 nitrogen and oxygen atoms in total. The van der Waals surface area contributed by atoms with E-state index < -0.39 is 0 Å². The van der Waals surface area contributed by atoms with Gasteiger partial charge in [-0.1, -0.05) is 11.6 Å². The van der Waals surface area contributed by atoms with Gasteiger partial charge in [0.05, 0.1) is 17.1 Å². The molecule has 6 heteroatoms. The van der Waals surface area contributed by atoms with Crippen LogP contribution in [0.2, 0.25) is 5.15 Å². The van der Waals surface area contributed by atoms with E-state index in [-0.39, 0.29) is 0 Å². The number of alkyl halides is 1. The van der Waals surface area contributed by atoms with Gasteiger partial charge in [-0.15, -0.1) is 11.6 Å². The van der Waals surface area contributed by atoms with Crippen LogP contribution in [-0.4, -0.2) is 19.9 Å². The van der Waals surface area contributed by atoms with Crippen molar-refractivity contribution in [2.45, 2.75) is 5.88 Å². The van der Waals surface area contributed by atoms with Gasteiger partial charge in [-0.2, -0.15) is 0 Å². The van der Waals surface area contributed by atoms with Gasteiger partial charge in [0.1, 0.15) is 11.5 Å². The second kappa shape index (κ2) is 4.51. The summed E-state index contributed by atoms with van der Waals surface area (Å²) in [6.45, 7) is 0. The third kappa shape index (κ3) is 2.40. The molecule has 0 unspecified atom stereocenters. The van der Waals surface area contributed by atoms with Crippen molar-refractivity contribution >= 4 is 23.2 Å². The highest BCUT2D eigenvalue weighted by atomic mass is 35.5. The molecule has 0 spiro atoms. The van der Waals surface area contributed by atoms with E-state index in [9.17, 15) is 0 Å². The maximum absolute atomic E-state index is 5.83. The standard InChI is InChI=1S/C9H6Cl2N4/c10-2-7-1-8(11)15-9(14-7)6-3-12-5-13-4-6/h1,3-5H,2H2. The van der Waals surface area contributed by atoms with E-state index in [1.807, 2.05) is 0 Å². The number of hydrogen-bond acceptors (Lipinski definition) is 4. The fraction of sp³-hybridized carbons (Fsp3) is 0.111. The molecule has 0 amide bonds. The summed E-state index contributed by atoms with van der Waals surface area (Å²) in [4.78, 5) is 16.0. The van der Waals surface area contributed by atoms with Gasteiger partial charge >= 0.3 is 0 Å². The molecule has 76 valence electrons. The second-order valence-electron chi connectivity index (χ2n) is 2.77. The Labute approximate surface area is 96.3 Å². The Hall–Kier alpha value is -1.26. The normalized spacial score (nSPS) is 10.3. The van der Waals surface area contributed by atoms with Gasteiger partial charge in [0, 0.05) is 12.4 Å². The molecule has 15 heavy (non-hydrogen) atoms. The zero-order chi connectivity index (χ0) is 10.7. The molecule has 0 aliphatic rings. The van der Waals surface area contributed by atoms with Crippen LogP contribution in [0.4, 0.5) is 0 Å². The Balaban J connectivity index is 2.49. The van der Waals surface area contributed by atoms with Crippen molar-refractivity contribution in [1.82, 2.24) is 19.9 Å². The van der Waals surface area contributed by atoms with Crippen molar-refractivity contribution in [1.29, 1.82) is 0 Å². The van der Waals surface area contributed by atoms with Crippen LogP contribution < -0.4 is 0 Å². The average molecular weight is 241 g/mol. The smallest absolute Gasteiger partial charge is 0.164 e. The Morgan fingerprint density at radius 2 is 1.87 bits per heavy atom. The van der Waals surface area contributed by atoms with Crippen molar-refractivity contribution < 1.29 is 0 Å². The lowest BCUT2D eigenvalue weighted by Gasteiger charge is -2.01. The Bertz CT molecular complexity index is 461. The van der Waals surface area contributed by atoms with Crippen LogP contribution in [0.1, 0.15) is 5.69 Å². The van der Waals surface area contributed by atoms with Crippen LogP contribution in [0.5, 0.6) is 0 Å². The zero-order valence-corrected chi connectivity index (χ0v) is 9.07. The van der Waals surface area contributed by atoms with E-state index in [0.29, 0.717) is 28.1 Å². The second-order valence-corrected chi connectivity index (χ2v) is 3.42. The lowest BCUT2D eigenvalue weighted by molar-refractivity contribution is 1.07. The molecule has 0 atom stereocenters. The Morgan fingerprint density at radius 1 is 1.13 bits per heavy atom. The summed E-state index contributed by atoms with van der Waals surface area (Å²) in [5.74, 6) is 0.780. The molecule has 0 fully saturated rings. The first-order valence-corrected chi connectivity index (χ1v) is 5.05. The van der Waals surface area contributed by atoms with Crippen molar-refractivity contribution in [3.05, 3.63) is 35.6 Å². The van der Waals surface area contributed by atoms with Crippen LogP contribution in [0, 0.1) is 0 Å². The van der Waals surface area contributed by atoms with Gasteiger partial charge < -0.3 is 0 Å². The van der Waals surface area contributed by atoms with Crippen molar-refractivity contribution in [3.8, 4) is 11.4 Å². The number of nitrogens with zero attached hydrogens (tertiary/aromatic N) is 4. The third-order valence-corrected chi connectivity index (χ3v) is 2.17. The summed E-state index contributed by atoms with van der Waals surface area (Å²) in [7, 11) is 0. The van der Waals surface area contributed by atoms with Gasteiger partial charge in [0.25, 0.3) is 0 Å². The minimum absolute atomic E-state index is 0.295. The molecule has 2 heterocycles. The van der Waals surface area contributed by atoms with Crippen molar-refractivity contribution in [3.63, 3.8) is 0 Å². The predicted molar refractivity (Wildman–Crippen MR) is 57.6 cm³/mol. The van der Waals surface area contributed by atoms with Crippen molar-refractivity contribution in [2.24, 2.45) is 0 Å². The van der Waals surface area contributed by atoms with Gasteiger partial charge in [-0.05, 0) is 6.07 Å². The fourth-order valence-electron chi connectivity index (χ4n) is 1.08. The largest absolute Gasteiger partial charge is 0.244 e. The molecular formula is C9H6Cl2N4. The zero-order valence-electron chi connectivity index (χ0n) is 7.56. The molecule has 0 radical (unpaired) electrons. The molecule has 0 aliphatic heterocycles. The summed E-state index contributed by atoms with van der Waals surface area (Å²) < 4.78 is 0. The highest BCUT2D eigenvalue weighted by Gasteiger charge is 2.05. The van der Waals surface area contributed by atoms with Gasteiger partial charge in [0.2, 0.25) is 0 Å². The third-order valence-electron chi connectivity index (χ3n) is 1.70. The molecule has 2 rings (SSSR count). The number of hydrogen-bond donors (Lipinski definition) is 0. The quantitative estimate of drug-likeness (QED) is 0.598. The fourth-order valence-corrected chi connectivity index (χ4v) is 1.42. The summed E-state index contributed by atoms with van der Waals surface area (Å²) >= 11 is 11.5. The highest BCUT2D eigenvalue weighted by molar-refractivity contribution is 6.29. The van der Waals surface area contributed by atoms with E-state index in [1.54, 1.807) is 18.5 Å². The van der Waals surface area contributed by atoms with Crippen LogP contribution in [-0.2, 0) is 5.88 Å². The van der Waals surface area contributed by atoms with Gasteiger partial charge in [0.15, 0.2) is 5.82 Å². The monoisotopic (exact) mass is 240 g/mol. The van der Waals surface area contributed by atoms with E-state index >= 15 is 0 Å². The molecule has 2 aromatic heterocycles. The first-order chi connectivity index (χ1) is 7.29. The molecule has 0 aromatic carbocycles. The van der Waals surface area contributed by atoms with Crippen LogP contribution in [0.3, 0.4) is 0 Å². The molecule has 0 saturated heterocycles. The van der Waals surface area contributed by atoms with E-state index in [4.69, 9.17) is 23.2 Å². The maximum Gasteiger partial charge on any atom is 0.164 e. The predicted octanol–water partition coefficient (Wildman–Crippen LogP) is 2.33. The summed E-state index contributed by atoms with van der Waals surface area (Å²) in [5.41, 5.74) is 1.39. The highest BCUT2D eigenvalue weighted by Crippen LogP contribution is 2.16. The minimum Gasteiger partial charge on any atom is -0.244 e. The molecule has 2 aromatic rings. The Kier molecular flexibility index (Phi) is 3.08. The Morgan fingerprint density at radius 3 is 2.53 bits per heavy atom. The lowest BCUT2D eigenvalue weighted by atomic mass is 10.3. The maximum atomic E-state index is 5.83. The number of rotatable bonds is 2. The summed E-state index contributed by atoms with van der Waals surface area (Å²) in [6.07, 6.45) is 4.68. The molecular weight excluding hydrogens is 235 g/mol. The SMILES string of the molecule is ClCc1cc(Cl)nc(-c2cncnc2)n1. The van der Waals surface area contributed by atoms with Crippen LogP contribution >= 0.6 is 23.2 Å². The number of aromatic nitrogens is 4. The first kappa shape index (κ1) is 10.3. The number of halogens is 2. The van der Waals surface area contributed by atoms with E-state index in [0.717, 1.165) is 0 Å². The summed E-state index contributed by atoms with van der Waals surface area (Å²) in [5, 5.41) is 0.361.